The molecule has 2 N–H and O–H groups in total. The number of nitrogens with two attached hydrogens (primary N) is 1. The fourth-order valence-electron chi connectivity index (χ4n) is 2.07. The summed E-state index contributed by atoms with van der Waals surface area (Å²) in [6.07, 6.45) is 4.84. The van der Waals surface area contributed by atoms with Crippen LogP contribution in [-0.4, -0.2) is 43.7 Å². The van der Waals surface area contributed by atoms with Gasteiger partial charge in [0.15, 0.2) is 5.96 Å². The van der Waals surface area contributed by atoms with E-state index < -0.39 is 0 Å². The standard InChI is InChI=1S/C13H27N3O/c1-3-4-9-17-10-7-15-13(14)16-8-5-6-12(2)11-16/h12H,3-11H2,1-2H3,(H2,14,15). The van der Waals surface area contributed by atoms with E-state index in [1.807, 2.05) is 0 Å². The van der Waals surface area contributed by atoms with Crippen molar-refractivity contribution in [3.8, 4) is 0 Å². The second-order valence-corrected chi connectivity index (χ2v) is 4.90. The van der Waals surface area contributed by atoms with Crippen LogP contribution in [0.25, 0.3) is 0 Å². The molecule has 1 fully saturated rings. The molecule has 4 heteroatoms. The number of guanidine groups is 1. The van der Waals surface area contributed by atoms with E-state index in [9.17, 15) is 0 Å². The second kappa shape index (κ2) is 8.34. The summed E-state index contributed by atoms with van der Waals surface area (Å²) in [7, 11) is 0. The first-order valence-corrected chi connectivity index (χ1v) is 6.86. The molecule has 0 spiro atoms. The van der Waals surface area contributed by atoms with E-state index in [1.165, 1.54) is 19.3 Å². The lowest BCUT2D eigenvalue weighted by Gasteiger charge is -2.31. The Morgan fingerprint density at radius 3 is 3.00 bits per heavy atom. The molecule has 0 saturated carbocycles. The lowest BCUT2D eigenvalue weighted by molar-refractivity contribution is 0.138. The molecular formula is C13H27N3O. The Morgan fingerprint density at radius 1 is 1.47 bits per heavy atom. The average molecular weight is 241 g/mol. The predicted molar refractivity (Wildman–Crippen MR) is 72.2 cm³/mol. The molecule has 0 aromatic rings. The lowest BCUT2D eigenvalue weighted by atomic mass is 10.0. The van der Waals surface area contributed by atoms with Crippen LogP contribution >= 0.6 is 0 Å². The van der Waals surface area contributed by atoms with Crippen LogP contribution in [0.1, 0.15) is 39.5 Å². The van der Waals surface area contributed by atoms with Gasteiger partial charge in [-0.3, -0.25) is 4.99 Å². The summed E-state index contributed by atoms with van der Waals surface area (Å²) in [6.45, 7) is 8.74. The van der Waals surface area contributed by atoms with Gasteiger partial charge in [-0.05, 0) is 25.2 Å². The van der Waals surface area contributed by atoms with Crippen molar-refractivity contribution in [2.75, 3.05) is 32.8 Å². The maximum absolute atomic E-state index is 5.97. The van der Waals surface area contributed by atoms with Gasteiger partial charge in [-0.1, -0.05) is 20.3 Å². The van der Waals surface area contributed by atoms with Gasteiger partial charge < -0.3 is 15.4 Å². The van der Waals surface area contributed by atoms with Crippen molar-refractivity contribution in [2.24, 2.45) is 16.6 Å². The van der Waals surface area contributed by atoms with Crippen LogP contribution in [0.2, 0.25) is 0 Å². The largest absolute Gasteiger partial charge is 0.380 e. The molecule has 1 atom stereocenters. The molecule has 0 amide bonds. The maximum atomic E-state index is 5.97. The quantitative estimate of drug-likeness (QED) is 0.438. The number of hydrogen-bond donors (Lipinski definition) is 1. The minimum absolute atomic E-state index is 0.681. The molecular weight excluding hydrogens is 214 g/mol. The van der Waals surface area contributed by atoms with Crippen molar-refractivity contribution in [3.05, 3.63) is 0 Å². The number of rotatable bonds is 6. The Kier molecular flexibility index (Phi) is 7.01. The van der Waals surface area contributed by atoms with E-state index in [1.54, 1.807) is 0 Å². The molecule has 100 valence electrons. The molecule has 1 unspecified atom stereocenters. The molecule has 1 aliphatic heterocycles. The topological polar surface area (TPSA) is 50.9 Å². The minimum atomic E-state index is 0.681. The SMILES string of the molecule is CCCCOCCN=C(N)N1CCCC(C)C1. The van der Waals surface area contributed by atoms with Gasteiger partial charge in [0.25, 0.3) is 0 Å². The molecule has 0 aromatic carbocycles. The van der Waals surface area contributed by atoms with Crippen LogP contribution in [0.15, 0.2) is 4.99 Å². The highest BCUT2D eigenvalue weighted by Crippen LogP contribution is 2.14. The Labute approximate surface area is 105 Å². The molecule has 0 radical (unpaired) electrons. The Hall–Kier alpha value is -0.770. The minimum Gasteiger partial charge on any atom is -0.380 e. The normalized spacial score (nSPS) is 21.9. The smallest absolute Gasteiger partial charge is 0.191 e. The first-order chi connectivity index (χ1) is 8.24. The van der Waals surface area contributed by atoms with Crippen LogP contribution in [0.4, 0.5) is 0 Å². The van der Waals surface area contributed by atoms with Gasteiger partial charge in [0.2, 0.25) is 0 Å². The zero-order chi connectivity index (χ0) is 12.5. The first-order valence-electron chi connectivity index (χ1n) is 6.86. The summed E-state index contributed by atoms with van der Waals surface area (Å²) in [6, 6.07) is 0. The number of hydrogen-bond acceptors (Lipinski definition) is 2. The van der Waals surface area contributed by atoms with Crippen molar-refractivity contribution in [3.63, 3.8) is 0 Å². The monoisotopic (exact) mass is 241 g/mol. The van der Waals surface area contributed by atoms with Gasteiger partial charge in [0.1, 0.15) is 0 Å². The molecule has 0 aromatic heterocycles. The number of ether oxygens (including phenoxy) is 1. The predicted octanol–water partition coefficient (Wildman–Crippen LogP) is 1.85. The van der Waals surface area contributed by atoms with Crippen molar-refractivity contribution in [1.82, 2.24) is 4.90 Å². The summed E-state index contributed by atoms with van der Waals surface area (Å²) in [5, 5.41) is 0. The third-order valence-electron chi connectivity index (χ3n) is 3.13. The van der Waals surface area contributed by atoms with Gasteiger partial charge in [-0.25, -0.2) is 0 Å². The number of likely N-dealkylation sites (tertiary alicyclic amines) is 1. The maximum Gasteiger partial charge on any atom is 0.191 e. The van der Waals surface area contributed by atoms with Crippen molar-refractivity contribution in [2.45, 2.75) is 39.5 Å². The molecule has 4 nitrogen and oxygen atoms in total. The number of nitrogens with zero attached hydrogens (tertiary/aromatic N) is 2. The van der Waals surface area contributed by atoms with Gasteiger partial charge in [0, 0.05) is 19.7 Å². The van der Waals surface area contributed by atoms with E-state index in [0.717, 1.165) is 32.0 Å². The molecule has 0 bridgehead atoms. The third kappa shape index (κ3) is 5.91. The fourth-order valence-corrected chi connectivity index (χ4v) is 2.07. The van der Waals surface area contributed by atoms with Gasteiger partial charge >= 0.3 is 0 Å². The highest BCUT2D eigenvalue weighted by molar-refractivity contribution is 5.78. The Morgan fingerprint density at radius 2 is 2.29 bits per heavy atom. The van der Waals surface area contributed by atoms with Crippen molar-refractivity contribution >= 4 is 5.96 Å². The van der Waals surface area contributed by atoms with Crippen LogP contribution in [0.3, 0.4) is 0 Å². The highest BCUT2D eigenvalue weighted by atomic mass is 16.5. The number of unbranched alkanes of at least 4 members (excludes halogenated alkanes) is 1. The van der Waals surface area contributed by atoms with Gasteiger partial charge in [-0.15, -0.1) is 0 Å². The summed E-state index contributed by atoms with van der Waals surface area (Å²) >= 11 is 0. The van der Waals surface area contributed by atoms with E-state index in [-0.39, 0.29) is 0 Å². The van der Waals surface area contributed by atoms with Crippen LogP contribution < -0.4 is 5.73 Å². The van der Waals surface area contributed by atoms with E-state index in [4.69, 9.17) is 10.5 Å². The molecule has 1 aliphatic rings. The van der Waals surface area contributed by atoms with E-state index >= 15 is 0 Å². The van der Waals surface area contributed by atoms with Crippen LogP contribution in [-0.2, 0) is 4.74 Å². The van der Waals surface area contributed by atoms with E-state index in [2.05, 4.69) is 23.7 Å². The van der Waals surface area contributed by atoms with Crippen LogP contribution in [0, 0.1) is 5.92 Å². The van der Waals surface area contributed by atoms with Crippen molar-refractivity contribution in [1.29, 1.82) is 0 Å². The third-order valence-corrected chi connectivity index (χ3v) is 3.13. The van der Waals surface area contributed by atoms with Crippen molar-refractivity contribution < 1.29 is 4.74 Å². The fraction of sp³-hybridized carbons (Fsp3) is 0.923. The second-order valence-electron chi connectivity index (χ2n) is 4.90. The van der Waals surface area contributed by atoms with Crippen LogP contribution in [0.5, 0.6) is 0 Å². The van der Waals surface area contributed by atoms with Gasteiger partial charge in [-0.2, -0.15) is 0 Å². The zero-order valence-electron chi connectivity index (χ0n) is 11.3. The summed E-state index contributed by atoms with van der Waals surface area (Å²) < 4.78 is 5.45. The van der Waals surface area contributed by atoms with E-state index in [0.29, 0.717) is 19.1 Å². The number of aliphatic imine (C=N–C) groups is 1. The summed E-state index contributed by atoms with van der Waals surface area (Å²) in [5.41, 5.74) is 5.97. The Balaban J connectivity index is 2.15. The highest BCUT2D eigenvalue weighted by Gasteiger charge is 2.17. The molecule has 1 heterocycles. The number of piperidine rings is 1. The molecule has 0 aliphatic carbocycles. The lowest BCUT2D eigenvalue weighted by Crippen LogP contribution is -2.43. The first kappa shape index (κ1) is 14.3. The van der Waals surface area contributed by atoms with Gasteiger partial charge in [0.05, 0.1) is 13.2 Å². The average Bonchev–Trinajstić information content (AvgIpc) is 2.33. The molecule has 1 saturated heterocycles. The molecule has 17 heavy (non-hydrogen) atoms. The summed E-state index contributed by atoms with van der Waals surface area (Å²) in [5.74, 6) is 1.42. The Bertz CT molecular complexity index is 231. The zero-order valence-corrected chi connectivity index (χ0v) is 11.3. The molecule has 1 rings (SSSR count). The summed E-state index contributed by atoms with van der Waals surface area (Å²) in [4.78, 5) is 6.57.